The van der Waals surface area contributed by atoms with E-state index in [1.807, 2.05) is 0 Å². The van der Waals surface area contributed by atoms with Gasteiger partial charge in [-0.15, -0.1) is 11.3 Å². The van der Waals surface area contributed by atoms with Crippen molar-refractivity contribution < 1.29 is 0 Å². The molecule has 1 heterocycles. The molecule has 0 spiro atoms. The molecule has 2 aromatic rings. The van der Waals surface area contributed by atoms with Crippen molar-refractivity contribution in [3.63, 3.8) is 0 Å². The molecule has 0 saturated carbocycles. The average Bonchev–Trinajstić information content (AvgIpc) is 2.34. The van der Waals surface area contributed by atoms with Crippen molar-refractivity contribution in [3.8, 4) is 0 Å². The molecule has 0 fully saturated rings. The molecule has 56 valence electrons. The van der Waals surface area contributed by atoms with Crippen LogP contribution in [0.1, 0.15) is 0 Å². The molecule has 1 aromatic heterocycles. The van der Waals surface area contributed by atoms with Crippen LogP contribution in [-0.2, 0) is 0 Å². The van der Waals surface area contributed by atoms with Gasteiger partial charge in [0.1, 0.15) is 0 Å². The van der Waals surface area contributed by atoms with Gasteiger partial charge in [-0.3, -0.25) is 0 Å². The van der Waals surface area contributed by atoms with Crippen molar-refractivity contribution in [2.45, 2.75) is 0 Å². The van der Waals surface area contributed by atoms with Gasteiger partial charge in [-0.1, -0.05) is 15.9 Å². The fourth-order valence-electron chi connectivity index (χ4n) is 1.00. The van der Waals surface area contributed by atoms with Crippen molar-refractivity contribution in [2.24, 2.45) is 0 Å². The Kier molecular flexibility index (Phi) is 2.04. The number of rotatable bonds is 0. The molecule has 0 amide bonds. The van der Waals surface area contributed by atoms with Crippen molar-refractivity contribution in [3.05, 3.63) is 32.5 Å². The first-order valence-corrected chi connectivity index (χ1v) is 5.56. The summed E-state index contributed by atoms with van der Waals surface area (Å²) in [6.45, 7) is 0. The molecule has 0 aliphatic rings. The lowest BCUT2D eigenvalue weighted by atomic mass is 10.3. The predicted octanol–water partition coefficient (Wildman–Crippen LogP) is 4.43. The Morgan fingerprint density at radius 1 is 1.18 bits per heavy atom. The molecule has 11 heavy (non-hydrogen) atoms. The van der Waals surface area contributed by atoms with Gasteiger partial charge in [0.25, 0.3) is 0 Å². The normalized spacial score (nSPS) is 10.7. The Morgan fingerprint density at radius 3 is 2.82 bits per heavy atom. The van der Waals surface area contributed by atoms with Crippen LogP contribution in [0.15, 0.2) is 32.5 Å². The minimum absolute atomic E-state index is 1.12. The Morgan fingerprint density at radius 2 is 2.00 bits per heavy atom. The summed E-state index contributed by atoms with van der Waals surface area (Å²) in [5.74, 6) is 0. The molecule has 0 atom stereocenters. The second-order valence-corrected chi connectivity index (χ2v) is 4.91. The average molecular weight is 292 g/mol. The molecule has 0 aliphatic heterocycles. The van der Waals surface area contributed by atoms with E-state index in [1.54, 1.807) is 11.3 Å². The molecule has 0 radical (unpaired) electrons. The summed E-state index contributed by atoms with van der Waals surface area (Å²) in [6, 6.07) is 6.31. The van der Waals surface area contributed by atoms with Crippen molar-refractivity contribution in [1.82, 2.24) is 0 Å². The lowest BCUT2D eigenvalue weighted by Crippen LogP contribution is -1.67. The molecule has 2 rings (SSSR count). The van der Waals surface area contributed by atoms with Crippen LogP contribution in [-0.4, -0.2) is 0 Å². The molecular formula is C8H4Br2S. The van der Waals surface area contributed by atoms with Crippen LogP contribution in [0, 0.1) is 0 Å². The number of fused-ring (bicyclic) bond motifs is 1. The van der Waals surface area contributed by atoms with Gasteiger partial charge in [-0.25, -0.2) is 0 Å². The predicted molar refractivity (Wildman–Crippen MR) is 57.2 cm³/mol. The fourth-order valence-corrected chi connectivity index (χ4v) is 3.33. The van der Waals surface area contributed by atoms with E-state index in [4.69, 9.17) is 0 Å². The summed E-state index contributed by atoms with van der Waals surface area (Å²) in [6.07, 6.45) is 0. The third-order valence-electron chi connectivity index (χ3n) is 1.47. The minimum Gasteiger partial charge on any atom is -0.143 e. The number of hydrogen-bond donors (Lipinski definition) is 0. The summed E-state index contributed by atoms with van der Waals surface area (Å²) in [5.41, 5.74) is 0. The van der Waals surface area contributed by atoms with Crippen LogP contribution >= 0.6 is 43.2 Å². The third-order valence-corrected chi connectivity index (χ3v) is 3.78. The fraction of sp³-hybridized carbons (Fsp3) is 0. The third kappa shape index (κ3) is 1.37. The van der Waals surface area contributed by atoms with Gasteiger partial charge in [0.05, 0.1) is 0 Å². The highest BCUT2D eigenvalue weighted by Crippen LogP contribution is 2.31. The first kappa shape index (κ1) is 7.77. The van der Waals surface area contributed by atoms with Gasteiger partial charge in [-0.05, 0) is 44.9 Å². The van der Waals surface area contributed by atoms with E-state index in [2.05, 4.69) is 55.4 Å². The van der Waals surface area contributed by atoms with Gasteiger partial charge in [0, 0.05) is 13.6 Å². The Hall–Kier alpha value is 0.140. The summed E-state index contributed by atoms with van der Waals surface area (Å²) in [4.78, 5) is 0. The number of halogens is 2. The Bertz CT molecular complexity index is 392. The highest BCUT2D eigenvalue weighted by atomic mass is 79.9. The van der Waals surface area contributed by atoms with Crippen molar-refractivity contribution in [1.29, 1.82) is 0 Å². The molecule has 3 heteroatoms. The lowest BCUT2D eigenvalue weighted by Gasteiger charge is -1.94. The van der Waals surface area contributed by atoms with Crippen LogP contribution in [0.5, 0.6) is 0 Å². The summed E-state index contributed by atoms with van der Waals surface area (Å²) < 4.78 is 3.60. The molecule has 1 aromatic carbocycles. The van der Waals surface area contributed by atoms with E-state index >= 15 is 0 Å². The summed E-state index contributed by atoms with van der Waals surface area (Å²) in [7, 11) is 0. The van der Waals surface area contributed by atoms with Gasteiger partial charge < -0.3 is 0 Å². The van der Waals surface area contributed by atoms with E-state index in [0.717, 1.165) is 8.95 Å². The van der Waals surface area contributed by atoms with Gasteiger partial charge in [-0.2, -0.15) is 0 Å². The number of hydrogen-bond acceptors (Lipinski definition) is 1. The molecule has 0 aliphatic carbocycles. The van der Waals surface area contributed by atoms with E-state index in [-0.39, 0.29) is 0 Å². The molecule has 0 N–H and O–H groups in total. The maximum Gasteiger partial charge on any atom is 0.0485 e. The number of thiophene rings is 1. The quantitative estimate of drug-likeness (QED) is 0.674. The minimum atomic E-state index is 1.12. The zero-order valence-electron chi connectivity index (χ0n) is 5.47. The molecule has 0 bridgehead atoms. The van der Waals surface area contributed by atoms with E-state index < -0.39 is 0 Å². The van der Waals surface area contributed by atoms with Crippen LogP contribution in [0.3, 0.4) is 0 Å². The molecule has 0 nitrogen and oxygen atoms in total. The van der Waals surface area contributed by atoms with Crippen molar-refractivity contribution >= 4 is 53.3 Å². The second-order valence-electron chi connectivity index (χ2n) is 2.23. The van der Waals surface area contributed by atoms with Gasteiger partial charge in [0.15, 0.2) is 0 Å². The SMILES string of the molecule is Brc1cc(Br)c2sccc2c1. The topological polar surface area (TPSA) is 0 Å². The van der Waals surface area contributed by atoms with Crippen LogP contribution in [0.25, 0.3) is 10.1 Å². The monoisotopic (exact) mass is 290 g/mol. The summed E-state index contributed by atoms with van der Waals surface area (Å²) >= 11 is 8.70. The largest absolute Gasteiger partial charge is 0.143 e. The first-order chi connectivity index (χ1) is 5.27. The second kappa shape index (κ2) is 2.88. The molecular weight excluding hydrogens is 288 g/mol. The molecule has 0 unspecified atom stereocenters. The van der Waals surface area contributed by atoms with Crippen LogP contribution in [0.2, 0.25) is 0 Å². The van der Waals surface area contributed by atoms with Crippen LogP contribution < -0.4 is 0 Å². The lowest BCUT2D eigenvalue weighted by molar-refractivity contribution is 1.72. The van der Waals surface area contributed by atoms with E-state index in [0.29, 0.717) is 0 Å². The maximum absolute atomic E-state index is 3.51. The zero-order valence-corrected chi connectivity index (χ0v) is 9.46. The number of benzene rings is 1. The molecule has 0 saturated heterocycles. The Balaban J connectivity index is 2.91. The van der Waals surface area contributed by atoms with Crippen molar-refractivity contribution in [2.75, 3.05) is 0 Å². The highest BCUT2D eigenvalue weighted by molar-refractivity contribution is 9.11. The maximum atomic E-state index is 3.51. The highest BCUT2D eigenvalue weighted by Gasteiger charge is 2.00. The first-order valence-electron chi connectivity index (χ1n) is 3.09. The van der Waals surface area contributed by atoms with E-state index in [9.17, 15) is 0 Å². The van der Waals surface area contributed by atoms with E-state index in [1.165, 1.54) is 10.1 Å². The zero-order chi connectivity index (χ0) is 7.84. The van der Waals surface area contributed by atoms with Gasteiger partial charge >= 0.3 is 0 Å². The van der Waals surface area contributed by atoms with Gasteiger partial charge in [0.2, 0.25) is 0 Å². The van der Waals surface area contributed by atoms with Crippen LogP contribution in [0.4, 0.5) is 0 Å². The smallest absolute Gasteiger partial charge is 0.0485 e. The standard InChI is InChI=1S/C8H4Br2S/c9-6-3-5-1-2-11-8(5)7(10)4-6/h1-4H. The summed E-state index contributed by atoms with van der Waals surface area (Å²) in [5, 5.41) is 3.39. The Labute approximate surface area is 85.5 Å².